The summed E-state index contributed by atoms with van der Waals surface area (Å²) in [7, 11) is 4.10. The normalized spacial score (nSPS) is 11.0. The van der Waals surface area contributed by atoms with Crippen molar-refractivity contribution < 1.29 is 4.74 Å². The van der Waals surface area contributed by atoms with Gasteiger partial charge in [0.2, 0.25) is 0 Å². The highest BCUT2D eigenvalue weighted by atomic mass is 32.1. The summed E-state index contributed by atoms with van der Waals surface area (Å²) in [5.41, 5.74) is 1.28. The van der Waals surface area contributed by atoms with Crippen molar-refractivity contribution >= 4 is 11.3 Å². The maximum absolute atomic E-state index is 5.79. The first-order valence-corrected chi connectivity index (χ1v) is 8.23. The highest BCUT2D eigenvalue weighted by Crippen LogP contribution is 2.12. The predicted octanol–water partition coefficient (Wildman–Crippen LogP) is 3.02. The lowest BCUT2D eigenvalue weighted by atomic mass is 10.2. The quantitative estimate of drug-likeness (QED) is 0.771. The smallest absolute Gasteiger partial charge is 0.119 e. The van der Waals surface area contributed by atoms with Crippen LogP contribution in [0.15, 0.2) is 41.8 Å². The number of thiophene rings is 1. The molecule has 0 aliphatic rings. The number of likely N-dealkylation sites (N-methyl/N-ethyl adjacent to an activating group) is 1. The Morgan fingerprint density at radius 2 is 1.95 bits per heavy atom. The molecule has 0 fully saturated rings. The van der Waals surface area contributed by atoms with Crippen LogP contribution in [-0.4, -0.2) is 38.7 Å². The van der Waals surface area contributed by atoms with Gasteiger partial charge < -0.3 is 15.0 Å². The van der Waals surface area contributed by atoms with E-state index in [1.165, 1.54) is 10.4 Å². The Morgan fingerprint density at radius 1 is 1.14 bits per heavy atom. The van der Waals surface area contributed by atoms with Gasteiger partial charge in [-0.2, -0.15) is 0 Å². The van der Waals surface area contributed by atoms with Crippen LogP contribution in [0.2, 0.25) is 0 Å². The van der Waals surface area contributed by atoms with Gasteiger partial charge in [-0.15, -0.1) is 11.3 Å². The van der Waals surface area contributed by atoms with Crippen LogP contribution in [0.1, 0.15) is 10.4 Å². The van der Waals surface area contributed by atoms with Crippen molar-refractivity contribution in [2.24, 2.45) is 0 Å². The number of hydrogen-bond acceptors (Lipinski definition) is 4. The molecule has 0 aliphatic heterocycles. The molecule has 3 nitrogen and oxygen atoms in total. The zero-order valence-corrected chi connectivity index (χ0v) is 13.7. The van der Waals surface area contributed by atoms with Crippen molar-refractivity contribution in [3.8, 4) is 5.75 Å². The molecule has 114 valence electrons. The number of nitrogens with zero attached hydrogens (tertiary/aromatic N) is 1. The molecule has 0 atom stereocenters. The zero-order chi connectivity index (χ0) is 14.9. The minimum atomic E-state index is 0.728. The Hall–Kier alpha value is -1.36. The summed E-state index contributed by atoms with van der Waals surface area (Å²) < 4.78 is 5.79. The van der Waals surface area contributed by atoms with Crippen molar-refractivity contribution in [1.29, 1.82) is 0 Å². The van der Waals surface area contributed by atoms with Gasteiger partial charge in [0.1, 0.15) is 12.4 Å². The summed E-state index contributed by atoms with van der Waals surface area (Å²) in [5.74, 6) is 0.946. The number of ether oxygens (including phenoxy) is 1. The molecule has 0 saturated carbocycles. The number of nitrogens with one attached hydrogen (secondary N) is 1. The molecule has 1 aromatic carbocycles. The molecule has 21 heavy (non-hydrogen) atoms. The van der Waals surface area contributed by atoms with Crippen LogP contribution < -0.4 is 10.1 Å². The van der Waals surface area contributed by atoms with E-state index in [0.717, 1.165) is 38.4 Å². The fourth-order valence-corrected chi connectivity index (χ4v) is 2.79. The van der Waals surface area contributed by atoms with Gasteiger partial charge >= 0.3 is 0 Å². The summed E-state index contributed by atoms with van der Waals surface area (Å²) in [6, 6.07) is 12.6. The fourth-order valence-electron chi connectivity index (χ4n) is 2.09. The summed E-state index contributed by atoms with van der Waals surface area (Å²) in [6.07, 6.45) is 1.12. The van der Waals surface area contributed by atoms with E-state index in [9.17, 15) is 0 Å². The van der Waals surface area contributed by atoms with Gasteiger partial charge in [-0.1, -0.05) is 18.2 Å². The van der Waals surface area contributed by atoms with E-state index < -0.39 is 0 Å². The molecule has 0 radical (unpaired) electrons. The van der Waals surface area contributed by atoms with Crippen LogP contribution in [0.4, 0.5) is 0 Å². The third-order valence-electron chi connectivity index (χ3n) is 3.37. The topological polar surface area (TPSA) is 24.5 Å². The molecule has 2 aromatic rings. The van der Waals surface area contributed by atoms with Crippen LogP contribution in [-0.2, 0) is 13.0 Å². The summed E-state index contributed by atoms with van der Waals surface area (Å²) in [6.45, 7) is 3.65. The highest BCUT2D eigenvalue weighted by Gasteiger charge is 2.01. The molecule has 0 aliphatic carbocycles. The Kier molecular flexibility index (Phi) is 6.73. The molecule has 1 N–H and O–H groups in total. The maximum atomic E-state index is 5.79. The first kappa shape index (κ1) is 16.0. The average molecular weight is 304 g/mol. The summed E-state index contributed by atoms with van der Waals surface area (Å²) >= 11 is 1.83. The van der Waals surface area contributed by atoms with E-state index in [0.29, 0.717) is 0 Å². The molecular weight excluding hydrogens is 280 g/mol. The second-order valence-electron chi connectivity index (χ2n) is 5.16. The Labute approximate surface area is 131 Å². The van der Waals surface area contributed by atoms with Crippen LogP contribution in [0, 0.1) is 0 Å². The molecule has 0 saturated heterocycles. The molecule has 2 rings (SSSR count). The number of rotatable bonds is 9. The molecular formula is C17H24N2OS. The lowest BCUT2D eigenvalue weighted by Gasteiger charge is -2.16. The molecule has 0 bridgehead atoms. The van der Waals surface area contributed by atoms with Gasteiger partial charge in [0.05, 0.1) is 0 Å². The van der Waals surface area contributed by atoms with Gasteiger partial charge in [0.25, 0.3) is 0 Å². The van der Waals surface area contributed by atoms with Crippen molar-refractivity contribution in [2.45, 2.75) is 13.0 Å². The van der Waals surface area contributed by atoms with Gasteiger partial charge in [-0.25, -0.2) is 0 Å². The molecule has 1 aromatic heterocycles. The van der Waals surface area contributed by atoms with Crippen molar-refractivity contribution in [2.75, 3.05) is 33.8 Å². The molecule has 1 heterocycles. The first-order valence-electron chi connectivity index (χ1n) is 7.35. The minimum Gasteiger partial charge on any atom is -0.492 e. The van der Waals surface area contributed by atoms with Gasteiger partial charge in [-0.05, 0) is 49.7 Å². The lowest BCUT2D eigenvalue weighted by molar-refractivity contribution is 0.239. The van der Waals surface area contributed by atoms with Crippen LogP contribution >= 0.6 is 11.3 Å². The second-order valence-corrected chi connectivity index (χ2v) is 6.19. The summed E-state index contributed by atoms with van der Waals surface area (Å²) in [5, 5.41) is 5.28. The SMILES string of the molecule is CNCc1ccc(OCCN(C)CCc2cccs2)cc1. The zero-order valence-electron chi connectivity index (χ0n) is 12.8. The van der Waals surface area contributed by atoms with E-state index >= 15 is 0 Å². The second kappa shape index (κ2) is 8.82. The van der Waals surface area contributed by atoms with Gasteiger partial charge in [-0.3, -0.25) is 0 Å². The van der Waals surface area contributed by atoms with Crippen LogP contribution in [0.5, 0.6) is 5.75 Å². The van der Waals surface area contributed by atoms with E-state index in [-0.39, 0.29) is 0 Å². The molecule has 0 unspecified atom stereocenters. The first-order chi connectivity index (χ1) is 10.3. The third-order valence-corrected chi connectivity index (χ3v) is 4.30. The highest BCUT2D eigenvalue weighted by molar-refractivity contribution is 7.09. The Bertz CT molecular complexity index is 496. The van der Waals surface area contributed by atoms with Crippen LogP contribution in [0.3, 0.4) is 0 Å². The van der Waals surface area contributed by atoms with E-state index in [2.05, 4.69) is 46.9 Å². The fraction of sp³-hybridized carbons (Fsp3) is 0.412. The van der Waals surface area contributed by atoms with Crippen LogP contribution in [0.25, 0.3) is 0 Å². The number of benzene rings is 1. The third kappa shape index (κ3) is 5.87. The van der Waals surface area contributed by atoms with Gasteiger partial charge in [0, 0.05) is 24.5 Å². The minimum absolute atomic E-state index is 0.728. The van der Waals surface area contributed by atoms with Crippen molar-refractivity contribution in [1.82, 2.24) is 10.2 Å². The monoisotopic (exact) mass is 304 g/mol. The van der Waals surface area contributed by atoms with Crippen molar-refractivity contribution in [3.63, 3.8) is 0 Å². The van der Waals surface area contributed by atoms with E-state index in [1.54, 1.807) is 0 Å². The maximum Gasteiger partial charge on any atom is 0.119 e. The molecule has 0 spiro atoms. The average Bonchev–Trinajstić information content (AvgIpc) is 3.01. The molecule has 4 heteroatoms. The standard InChI is InChI=1S/C17H24N2OS/c1-18-14-15-5-7-16(8-6-15)20-12-11-19(2)10-9-17-4-3-13-21-17/h3-8,13,18H,9-12,14H2,1-2H3. The Morgan fingerprint density at radius 3 is 2.62 bits per heavy atom. The number of hydrogen-bond donors (Lipinski definition) is 1. The largest absolute Gasteiger partial charge is 0.492 e. The van der Waals surface area contributed by atoms with Crippen molar-refractivity contribution in [3.05, 3.63) is 52.2 Å². The molecule has 0 amide bonds. The lowest BCUT2D eigenvalue weighted by Crippen LogP contribution is -2.26. The predicted molar refractivity (Wildman–Crippen MR) is 90.2 cm³/mol. The van der Waals surface area contributed by atoms with E-state index in [4.69, 9.17) is 4.74 Å². The van der Waals surface area contributed by atoms with E-state index in [1.807, 2.05) is 30.5 Å². The van der Waals surface area contributed by atoms with Gasteiger partial charge in [0.15, 0.2) is 0 Å². The Balaban J connectivity index is 1.63. The summed E-state index contributed by atoms with van der Waals surface area (Å²) in [4.78, 5) is 3.76.